The van der Waals surface area contributed by atoms with Crippen LogP contribution in [0.2, 0.25) is 0 Å². The summed E-state index contributed by atoms with van der Waals surface area (Å²) in [7, 11) is 0. The van der Waals surface area contributed by atoms with Crippen molar-refractivity contribution in [3.63, 3.8) is 0 Å². The van der Waals surface area contributed by atoms with E-state index in [9.17, 15) is 4.79 Å². The maximum Gasteiger partial charge on any atom is 0.418 e. The van der Waals surface area contributed by atoms with Crippen molar-refractivity contribution in [2.24, 2.45) is 5.92 Å². The summed E-state index contributed by atoms with van der Waals surface area (Å²) < 4.78 is 11.0. The minimum atomic E-state index is -0.472. The molecular weight excluding hydrogens is 358 g/mol. The normalized spacial score (nSPS) is 15.4. The molecule has 0 spiro atoms. The number of nitrogens with zero attached hydrogens (tertiary/aromatic N) is 1. The standard InChI is InChI=1S/C21H37N3O2S/c1-6-24(16-14-19-11-9-7-8-10-12-19)15-13-18(2)17-22-27-23-20(25)26-21(3,4)5/h7-9,11-12,18,22H,6,10,13-17H2,1-5H3,(H,23,25). The molecule has 1 amide bonds. The molecule has 0 heterocycles. The van der Waals surface area contributed by atoms with E-state index < -0.39 is 11.7 Å². The van der Waals surface area contributed by atoms with Crippen molar-refractivity contribution >= 4 is 18.2 Å². The van der Waals surface area contributed by atoms with Crippen LogP contribution in [-0.4, -0.2) is 42.8 Å². The van der Waals surface area contributed by atoms with Gasteiger partial charge in [-0.1, -0.05) is 49.8 Å². The van der Waals surface area contributed by atoms with Gasteiger partial charge in [0.15, 0.2) is 0 Å². The summed E-state index contributed by atoms with van der Waals surface area (Å²) in [5.74, 6) is 0.535. The molecule has 0 fully saturated rings. The summed E-state index contributed by atoms with van der Waals surface area (Å²) in [5, 5.41) is 0. The van der Waals surface area contributed by atoms with E-state index in [0.717, 1.165) is 45.4 Å². The smallest absolute Gasteiger partial charge is 0.418 e. The number of hydrogen-bond donors (Lipinski definition) is 2. The van der Waals surface area contributed by atoms with Gasteiger partial charge < -0.3 is 9.64 Å². The van der Waals surface area contributed by atoms with Crippen molar-refractivity contribution < 1.29 is 9.53 Å². The van der Waals surface area contributed by atoms with E-state index in [1.807, 2.05) is 20.8 Å². The minimum Gasteiger partial charge on any atom is -0.443 e. The van der Waals surface area contributed by atoms with Crippen LogP contribution in [-0.2, 0) is 4.74 Å². The zero-order valence-electron chi connectivity index (χ0n) is 17.6. The lowest BCUT2D eigenvalue weighted by molar-refractivity contribution is 0.0574. The van der Waals surface area contributed by atoms with E-state index in [1.54, 1.807) is 0 Å². The first kappa shape index (κ1) is 23.8. The number of nitrogens with one attached hydrogen (secondary N) is 2. The van der Waals surface area contributed by atoms with Crippen LogP contribution >= 0.6 is 12.1 Å². The van der Waals surface area contributed by atoms with Crippen molar-refractivity contribution in [2.75, 3.05) is 26.2 Å². The highest BCUT2D eigenvalue weighted by Gasteiger charge is 2.16. The topological polar surface area (TPSA) is 53.6 Å². The Morgan fingerprint density at radius 3 is 2.81 bits per heavy atom. The Hall–Kier alpha value is -1.24. The molecule has 0 aliphatic heterocycles. The van der Waals surface area contributed by atoms with Gasteiger partial charge in [-0.3, -0.25) is 4.72 Å². The van der Waals surface area contributed by atoms with E-state index in [4.69, 9.17) is 4.74 Å². The van der Waals surface area contributed by atoms with Crippen LogP contribution in [0.5, 0.6) is 0 Å². The van der Waals surface area contributed by atoms with E-state index in [0.29, 0.717) is 5.92 Å². The second kappa shape index (κ2) is 13.0. The van der Waals surface area contributed by atoms with Crippen LogP contribution in [0.15, 0.2) is 36.0 Å². The van der Waals surface area contributed by atoms with Crippen LogP contribution < -0.4 is 9.44 Å². The van der Waals surface area contributed by atoms with Crippen molar-refractivity contribution in [1.82, 2.24) is 14.3 Å². The molecule has 0 aromatic rings. The van der Waals surface area contributed by atoms with Gasteiger partial charge in [-0.25, -0.2) is 9.52 Å². The van der Waals surface area contributed by atoms with Gasteiger partial charge in [-0.15, -0.1) is 0 Å². The molecule has 154 valence electrons. The van der Waals surface area contributed by atoms with Gasteiger partial charge in [-0.05, 0) is 59.0 Å². The SMILES string of the molecule is CCN(CCC1=CCC=CC=C1)CCC(C)CNSNC(=O)OC(C)(C)C. The molecule has 0 aromatic carbocycles. The third kappa shape index (κ3) is 12.7. The summed E-state index contributed by atoms with van der Waals surface area (Å²) in [6.45, 7) is 14.1. The molecule has 0 saturated heterocycles. The van der Waals surface area contributed by atoms with Crippen LogP contribution in [0.1, 0.15) is 53.9 Å². The second-order valence-corrected chi connectivity index (χ2v) is 8.63. The molecule has 0 radical (unpaired) electrons. The zero-order valence-corrected chi connectivity index (χ0v) is 18.4. The number of carbonyl (C=O) groups is 1. The Bertz CT molecular complexity index is 524. The Morgan fingerprint density at radius 2 is 2.11 bits per heavy atom. The summed E-state index contributed by atoms with van der Waals surface area (Å²) in [6.07, 6.45) is 13.8. The molecule has 1 aliphatic carbocycles. The van der Waals surface area contributed by atoms with Gasteiger partial charge >= 0.3 is 6.09 Å². The predicted octanol–water partition coefficient (Wildman–Crippen LogP) is 4.84. The number of rotatable bonds is 11. The molecule has 2 N–H and O–H groups in total. The van der Waals surface area contributed by atoms with Crippen LogP contribution in [0.3, 0.4) is 0 Å². The monoisotopic (exact) mass is 395 g/mol. The number of carbonyl (C=O) groups excluding carboxylic acids is 1. The number of hydrogen-bond acceptors (Lipinski definition) is 5. The molecule has 1 aliphatic rings. The number of ether oxygens (including phenoxy) is 1. The van der Waals surface area contributed by atoms with E-state index in [-0.39, 0.29) is 0 Å². The lowest BCUT2D eigenvalue weighted by atomic mass is 10.1. The molecule has 1 rings (SSSR count). The maximum atomic E-state index is 11.6. The molecule has 0 bridgehead atoms. The van der Waals surface area contributed by atoms with Gasteiger partial charge in [0.1, 0.15) is 5.60 Å². The Morgan fingerprint density at radius 1 is 1.33 bits per heavy atom. The Kier molecular flexibility index (Phi) is 11.5. The van der Waals surface area contributed by atoms with E-state index in [2.05, 4.69) is 58.6 Å². The molecule has 1 unspecified atom stereocenters. The van der Waals surface area contributed by atoms with Gasteiger partial charge in [0.25, 0.3) is 0 Å². The largest absolute Gasteiger partial charge is 0.443 e. The summed E-state index contributed by atoms with van der Waals surface area (Å²) >= 11 is 1.19. The van der Waals surface area contributed by atoms with Gasteiger partial charge in [0, 0.05) is 25.2 Å². The lowest BCUT2D eigenvalue weighted by Gasteiger charge is -2.23. The number of amides is 1. The predicted molar refractivity (Wildman–Crippen MR) is 116 cm³/mol. The highest BCUT2D eigenvalue weighted by molar-refractivity contribution is 7.96. The number of allylic oxidation sites excluding steroid dienone is 5. The zero-order chi connectivity index (χ0) is 20.1. The fourth-order valence-corrected chi connectivity index (χ4v) is 3.16. The molecule has 27 heavy (non-hydrogen) atoms. The molecule has 5 nitrogen and oxygen atoms in total. The highest BCUT2D eigenvalue weighted by atomic mass is 32.2. The van der Waals surface area contributed by atoms with Crippen molar-refractivity contribution in [3.05, 3.63) is 36.0 Å². The summed E-state index contributed by atoms with van der Waals surface area (Å²) in [5.41, 5.74) is 0.957. The van der Waals surface area contributed by atoms with E-state index in [1.165, 1.54) is 17.7 Å². The average Bonchev–Trinajstić information content (AvgIpc) is 2.86. The maximum absolute atomic E-state index is 11.6. The fourth-order valence-electron chi connectivity index (χ4n) is 2.59. The van der Waals surface area contributed by atoms with Crippen molar-refractivity contribution in [1.29, 1.82) is 0 Å². The second-order valence-electron chi connectivity index (χ2n) is 7.93. The first-order chi connectivity index (χ1) is 12.8. The summed E-state index contributed by atoms with van der Waals surface area (Å²) in [6, 6.07) is 0. The molecule has 1 atom stereocenters. The minimum absolute atomic E-state index is 0.415. The third-order valence-corrected chi connectivity index (χ3v) is 4.79. The van der Waals surface area contributed by atoms with Crippen LogP contribution in [0, 0.1) is 5.92 Å². The van der Waals surface area contributed by atoms with Gasteiger partial charge in [0.05, 0.1) is 0 Å². The Labute approximate surface area is 169 Å². The van der Waals surface area contributed by atoms with Crippen molar-refractivity contribution in [3.8, 4) is 0 Å². The van der Waals surface area contributed by atoms with Crippen molar-refractivity contribution in [2.45, 2.75) is 59.5 Å². The molecule has 0 saturated carbocycles. The van der Waals surface area contributed by atoms with Crippen LogP contribution in [0.25, 0.3) is 0 Å². The quantitative estimate of drug-likeness (QED) is 0.387. The van der Waals surface area contributed by atoms with Gasteiger partial charge in [-0.2, -0.15) is 0 Å². The first-order valence-electron chi connectivity index (χ1n) is 9.92. The Balaban J connectivity index is 2.15. The molecular formula is C21H37N3O2S. The highest BCUT2D eigenvalue weighted by Crippen LogP contribution is 2.12. The third-order valence-electron chi connectivity index (χ3n) is 4.21. The summed E-state index contributed by atoms with van der Waals surface area (Å²) in [4.78, 5) is 14.1. The van der Waals surface area contributed by atoms with E-state index >= 15 is 0 Å². The average molecular weight is 396 g/mol. The lowest BCUT2D eigenvalue weighted by Crippen LogP contribution is -2.32. The first-order valence-corrected chi connectivity index (χ1v) is 10.7. The fraction of sp³-hybridized carbons (Fsp3) is 0.667. The van der Waals surface area contributed by atoms with Crippen LogP contribution in [0.4, 0.5) is 4.79 Å². The molecule has 0 aromatic heterocycles. The molecule has 6 heteroatoms. The van der Waals surface area contributed by atoms with Gasteiger partial charge in [0.2, 0.25) is 0 Å².